The predicted octanol–water partition coefficient (Wildman–Crippen LogP) is 5.37. The van der Waals surface area contributed by atoms with Crippen molar-refractivity contribution in [2.24, 2.45) is 0 Å². The highest BCUT2D eigenvalue weighted by atomic mass is 35.5. The average molecular weight is 330 g/mol. The fraction of sp³-hybridized carbons (Fsp3) is 0.333. The van der Waals surface area contributed by atoms with Gasteiger partial charge >= 0.3 is 0 Å². The van der Waals surface area contributed by atoms with Gasteiger partial charge in [0.25, 0.3) is 0 Å². The van der Waals surface area contributed by atoms with Crippen LogP contribution in [0.1, 0.15) is 24.3 Å². The van der Waals surface area contributed by atoms with Gasteiger partial charge in [0.15, 0.2) is 0 Å². The largest absolute Gasteiger partial charge is 0.309 e. The van der Waals surface area contributed by atoms with Gasteiger partial charge in [0.2, 0.25) is 0 Å². The summed E-state index contributed by atoms with van der Waals surface area (Å²) in [5.41, 5.74) is 0. The lowest BCUT2D eigenvalue weighted by Crippen LogP contribution is -2.23. The monoisotopic (exact) mass is 329 g/mol. The predicted molar refractivity (Wildman–Crippen MR) is 87.5 cm³/mol. The van der Waals surface area contributed by atoms with Gasteiger partial charge in [-0.15, -0.1) is 23.1 Å². The lowest BCUT2D eigenvalue weighted by molar-refractivity contribution is 0.582. The van der Waals surface area contributed by atoms with Crippen LogP contribution in [0, 0.1) is 5.82 Å². The minimum atomic E-state index is -0.163. The van der Waals surface area contributed by atoms with E-state index in [0.717, 1.165) is 28.6 Å². The average Bonchev–Trinajstić information content (AvgIpc) is 2.87. The fourth-order valence-electron chi connectivity index (χ4n) is 1.83. The third kappa shape index (κ3) is 4.22. The highest BCUT2D eigenvalue weighted by molar-refractivity contribution is 7.99. The molecule has 2 rings (SSSR count). The molecule has 0 saturated heterocycles. The van der Waals surface area contributed by atoms with Crippen molar-refractivity contribution in [3.63, 3.8) is 0 Å². The molecule has 108 valence electrons. The maximum absolute atomic E-state index is 13.6. The fourth-order valence-corrected chi connectivity index (χ4v) is 4.22. The molecule has 2 aromatic rings. The molecule has 1 aromatic heterocycles. The molecule has 0 fully saturated rings. The summed E-state index contributed by atoms with van der Waals surface area (Å²) < 4.78 is 13.6. The quantitative estimate of drug-likeness (QED) is 0.685. The van der Waals surface area contributed by atoms with Crippen LogP contribution >= 0.6 is 34.7 Å². The van der Waals surface area contributed by atoms with Crippen LogP contribution in [0.5, 0.6) is 0 Å². The summed E-state index contributed by atoms with van der Waals surface area (Å²) in [6.45, 7) is 3.06. The van der Waals surface area contributed by atoms with Gasteiger partial charge < -0.3 is 5.32 Å². The van der Waals surface area contributed by atoms with Crippen molar-refractivity contribution in [2.45, 2.75) is 24.3 Å². The van der Waals surface area contributed by atoms with Crippen molar-refractivity contribution in [3.05, 3.63) is 51.4 Å². The first-order valence-corrected chi connectivity index (χ1v) is 8.80. The molecule has 0 aliphatic carbocycles. The number of rotatable bonds is 7. The van der Waals surface area contributed by atoms with E-state index in [1.54, 1.807) is 17.4 Å². The Morgan fingerprint density at radius 1 is 1.35 bits per heavy atom. The summed E-state index contributed by atoms with van der Waals surface area (Å²) in [5.74, 6) is 0.602. The molecule has 0 aliphatic heterocycles. The Balaban J connectivity index is 2.05. The second-order valence-corrected chi connectivity index (χ2v) is 6.80. The summed E-state index contributed by atoms with van der Waals surface area (Å²) >= 11 is 9.38. The van der Waals surface area contributed by atoms with Crippen LogP contribution in [-0.4, -0.2) is 12.3 Å². The van der Waals surface area contributed by atoms with E-state index in [1.165, 1.54) is 17.8 Å². The lowest BCUT2D eigenvalue weighted by Gasteiger charge is -2.17. The third-order valence-electron chi connectivity index (χ3n) is 2.84. The lowest BCUT2D eigenvalue weighted by atomic mass is 10.2. The van der Waals surface area contributed by atoms with Crippen LogP contribution < -0.4 is 5.32 Å². The molecular weight excluding hydrogens is 313 g/mol. The van der Waals surface area contributed by atoms with Crippen molar-refractivity contribution in [2.75, 3.05) is 12.3 Å². The first-order chi connectivity index (χ1) is 9.72. The number of hydrogen-bond acceptors (Lipinski definition) is 3. The maximum Gasteiger partial charge on any atom is 0.136 e. The first kappa shape index (κ1) is 15.8. The molecule has 20 heavy (non-hydrogen) atoms. The molecule has 0 amide bonds. The molecule has 5 heteroatoms. The van der Waals surface area contributed by atoms with Crippen LogP contribution in [0.2, 0.25) is 5.02 Å². The second kappa shape index (κ2) is 8.03. The summed E-state index contributed by atoms with van der Waals surface area (Å²) in [4.78, 5) is 1.81. The second-order valence-electron chi connectivity index (χ2n) is 4.38. The standard InChI is InChI=1S/C15H17ClFNS2/c1-2-8-18-13(15-11(16)7-9-19-15)10-20-14-6-4-3-5-12(14)17/h3-7,9,13,18H,2,8,10H2,1H3. The van der Waals surface area contributed by atoms with Crippen LogP contribution in [-0.2, 0) is 0 Å². The van der Waals surface area contributed by atoms with E-state index in [9.17, 15) is 4.39 Å². The van der Waals surface area contributed by atoms with Gasteiger partial charge in [-0.1, -0.05) is 30.7 Å². The van der Waals surface area contributed by atoms with Gasteiger partial charge in [-0.2, -0.15) is 0 Å². The van der Waals surface area contributed by atoms with E-state index < -0.39 is 0 Å². The molecule has 1 unspecified atom stereocenters. The van der Waals surface area contributed by atoms with Gasteiger partial charge in [0.1, 0.15) is 5.82 Å². The summed E-state index contributed by atoms with van der Waals surface area (Å²) in [7, 11) is 0. The SMILES string of the molecule is CCCNC(CSc1ccccc1F)c1sccc1Cl. The highest BCUT2D eigenvalue weighted by Gasteiger charge is 2.16. The van der Waals surface area contributed by atoms with Crippen LogP contribution in [0.25, 0.3) is 0 Å². The van der Waals surface area contributed by atoms with Crippen molar-refractivity contribution >= 4 is 34.7 Å². The Labute approximate surface area is 132 Å². The summed E-state index contributed by atoms with van der Waals surface area (Å²) in [6, 6.07) is 8.95. The molecule has 1 atom stereocenters. The molecule has 1 aromatic carbocycles. The van der Waals surface area contributed by atoms with Crippen molar-refractivity contribution in [1.29, 1.82) is 0 Å². The third-order valence-corrected chi connectivity index (χ3v) is 5.46. The minimum Gasteiger partial charge on any atom is -0.309 e. The van der Waals surface area contributed by atoms with Gasteiger partial charge in [0.05, 0.1) is 11.1 Å². The van der Waals surface area contributed by atoms with Crippen molar-refractivity contribution in [3.8, 4) is 0 Å². The first-order valence-electron chi connectivity index (χ1n) is 6.56. The number of thioether (sulfide) groups is 1. The Morgan fingerprint density at radius 3 is 2.80 bits per heavy atom. The van der Waals surface area contributed by atoms with E-state index in [0.29, 0.717) is 4.90 Å². The van der Waals surface area contributed by atoms with Gasteiger partial charge in [0, 0.05) is 15.5 Å². The summed E-state index contributed by atoms with van der Waals surface area (Å²) in [5, 5.41) is 6.27. The molecular formula is C15H17ClFNS2. The smallest absolute Gasteiger partial charge is 0.136 e. The zero-order valence-electron chi connectivity index (χ0n) is 11.2. The Morgan fingerprint density at radius 2 is 2.15 bits per heavy atom. The van der Waals surface area contributed by atoms with E-state index in [-0.39, 0.29) is 11.9 Å². The van der Waals surface area contributed by atoms with Gasteiger partial charge in [-0.3, -0.25) is 0 Å². The van der Waals surface area contributed by atoms with Crippen molar-refractivity contribution in [1.82, 2.24) is 5.32 Å². The molecule has 0 radical (unpaired) electrons. The molecule has 0 saturated carbocycles. The number of benzene rings is 1. The minimum absolute atomic E-state index is 0.159. The van der Waals surface area contributed by atoms with Crippen LogP contribution in [0.4, 0.5) is 4.39 Å². The zero-order chi connectivity index (χ0) is 14.4. The number of thiophene rings is 1. The molecule has 1 N–H and O–H groups in total. The molecule has 1 heterocycles. The van der Waals surface area contributed by atoms with Crippen molar-refractivity contribution < 1.29 is 4.39 Å². The van der Waals surface area contributed by atoms with Crippen LogP contribution in [0.3, 0.4) is 0 Å². The van der Waals surface area contributed by atoms with Crippen LogP contribution in [0.15, 0.2) is 40.6 Å². The van der Waals surface area contributed by atoms with Gasteiger partial charge in [-0.05, 0) is 36.5 Å². The molecule has 0 spiro atoms. The van der Waals surface area contributed by atoms with E-state index >= 15 is 0 Å². The maximum atomic E-state index is 13.6. The van der Waals surface area contributed by atoms with E-state index in [2.05, 4.69) is 12.2 Å². The molecule has 0 aliphatic rings. The van der Waals surface area contributed by atoms with Gasteiger partial charge in [-0.25, -0.2) is 4.39 Å². The Hall–Kier alpha value is -0.550. The number of halogens is 2. The highest BCUT2D eigenvalue weighted by Crippen LogP contribution is 2.33. The normalized spacial score (nSPS) is 12.6. The van der Waals surface area contributed by atoms with E-state index in [4.69, 9.17) is 11.6 Å². The van der Waals surface area contributed by atoms with E-state index in [1.807, 2.05) is 23.6 Å². The Kier molecular flexibility index (Phi) is 6.36. The molecule has 1 nitrogen and oxygen atoms in total. The summed E-state index contributed by atoms with van der Waals surface area (Å²) in [6.07, 6.45) is 1.06. The number of nitrogens with one attached hydrogen (secondary N) is 1. The topological polar surface area (TPSA) is 12.0 Å². The number of hydrogen-bond donors (Lipinski definition) is 1. The molecule has 0 bridgehead atoms. The zero-order valence-corrected chi connectivity index (χ0v) is 13.6. The Bertz CT molecular complexity index is 544.